The summed E-state index contributed by atoms with van der Waals surface area (Å²) in [6, 6.07) is 3.26. The molecule has 34 heavy (non-hydrogen) atoms. The third-order valence-electron chi connectivity index (χ3n) is 6.36. The lowest BCUT2D eigenvalue weighted by molar-refractivity contribution is 0.0260. The fraction of sp³-hybridized carbons (Fsp3) is 0.522. The number of morpholine rings is 1. The number of hydrogen-bond donors (Lipinski definition) is 0. The molecule has 5 heterocycles. The van der Waals surface area contributed by atoms with Crippen LogP contribution in [0.2, 0.25) is 0 Å². The van der Waals surface area contributed by atoms with Crippen LogP contribution in [0, 0.1) is 0 Å². The van der Waals surface area contributed by atoms with Crippen LogP contribution >= 0.6 is 0 Å². The van der Waals surface area contributed by atoms with Gasteiger partial charge in [-0.2, -0.15) is 10.2 Å². The van der Waals surface area contributed by atoms with Gasteiger partial charge in [0.1, 0.15) is 0 Å². The smallest absolute Gasteiger partial charge is 0.266 e. The van der Waals surface area contributed by atoms with E-state index in [0.29, 0.717) is 37.9 Å². The Bertz CT molecular complexity index is 1150. The second-order valence-corrected chi connectivity index (χ2v) is 9.05. The first-order chi connectivity index (χ1) is 16.5. The number of nitrogens with zero attached hydrogens (tertiary/aromatic N) is 9. The topological polar surface area (TPSA) is 97.4 Å². The molecule has 0 aromatic carbocycles. The van der Waals surface area contributed by atoms with Crippen molar-refractivity contribution in [2.75, 3.05) is 57.8 Å². The summed E-state index contributed by atoms with van der Waals surface area (Å²) in [7, 11) is 4.01. The molecule has 0 saturated carbocycles. The van der Waals surface area contributed by atoms with E-state index < -0.39 is 0 Å². The fourth-order valence-electron chi connectivity index (χ4n) is 4.35. The first-order valence-electron chi connectivity index (χ1n) is 11.7. The van der Waals surface area contributed by atoms with Gasteiger partial charge in [0.2, 0.25) is 5.95 Å². The molecule has 2 aliphatic rings. The standard InChI is InChI=1S/C23H31N9O2/c1-28-5-7-30(8-6-28)14-18-11-24-23(25-12-18)31-9-10-34-20(16-31)17-32-22(33)4-3-21(27-32)19-13-26-29(2)15-19/h3-4,11-13,15,20H,5-10,14,16-17H2,1-2H3/t20-/m0/s1. The zero-order chi connectivity index (χ0) is 23.5. The van der Waals surface area contributed by atoms with Gasteiger partial charge in [0.25, 0.3) is 5.56 Å². The lowest BCUT2D eigenvalue weighted by Gasteiger charge is -2.33. The van der Waals surface area contributed by atoms with Crippen LogP contribution in [0.1, 0.15) is 5.56 Å². The van der Waals surface area contributed by atoms with Crippen LogP contribution in [0.4, 0.5) is 5.95 Å². The summed E-state index contributed by atoms with van der Waals surface area (Å²) < 4.78 is 9.13. The van der Waals surface area contributed by atoms with Crippen LogP contribution in [0.25, 0.3) is 11.3 Å². The highest BCUT2D eigenvalue weighted by Gasteiger charge is 2.24. The van der Waals surface area contributed by atoms with Crippen LogP contribution in [0.5, 0.6) is 0 Å². The van der Waals surface area contributed by atoms with E-state index in [9.17, 15) is 4.79 Å². The maximum atomic E-state index is 12.4. The average Bonchev–Trinajstić information content (AvgIpc) is 3.29. The molecule has 11 heteroatoms. The van der Waals surface area contributed by atoms with Gasteiger partial charge in [0, 0.05) is 88.6 Å². The molecule has 0 amide bonds. The molecule has 0 unspecified atom stereocenters. The molecule has 2 saturated heterocycles. The van der Waals surface area contributed by atoms with E-state index in [1.807, 2.05) is 25.6 Å². The molecule has 1 atom stereocenters. The maximum absolute atomic E-state index is 12.4. The summed E-state index contributed by atoms with van der Waals surface area (Å²) in [5.41, 5.74) is 2.55. The number of rotatable bonds is 6. The average molecular weight is 466 g/mol. The molecule has 0 N–H and O–H groups in total. The Kier molecular flexibility index (Phi) is 6.66. The Morgan fingerprint density at radius 3 is 2.56 bits per heavy atom. The van der Waals surface area contributed by atoms with Gasteiger partial charge in [0.15, 0.2) is 0 Å². The minimum atomic E-state index is -0.184. The van der Waals surface area contributed by atoms with Gasteiger partial charge in [-0.25, -0.2) is 14.6 Å². The first-order valence-corrected chi connectivity index (χ1v) is 11.7. The van der Waals surface area contributed by atoms with Gasteiger partial charge >= 0.3 is 0 Å². The van der Waals surface area contributed by atoms with E-state index in [2.05, 4.69) is 41.9 Å². The zero-order valence-electron chi connectivity index (χ0n) is 19.7. The van der Waals surface area contributed by atoms with Gasteiger partial charge in [-0.1, -0.05) is 0 Å². The molecule has 0 aliphatic carbocycles. The third kappa shape index (κ3) is 5.32. The molecule has 3 aromatic rings. The Hall–Kier alpha value is -3.15. The lowest BCUT2D eigenvalue weighted by Crippen LogP contribution is -2.46. The number of aromatic nitrogens is 6. The van der Waals surface area contributed by atoms with E-state index >= 15 is 0 Å². The summed E-state index contributed by atoms with van der Waals surface area (Å²) in [4.78, 5) is 28.6. The monoisotopic (exact) mass is 465 g/mol. The third-order valence-corrected chi connectivity index (χ3v) is 6.36. The van der Waals surface area contributed by atoms with Gasteiger partial charge in [-0.3, -0.25) is 14.4 Å². The fourth-order valence-corrected chi connectivity index (χ4v) is 4.35. The second-order valence-electron chi connectivity index (χ2n) is 9.05. The highest BCUT2D eigenvalue weighted by molar-refractivity contribution is 5.55. The summed E-state index contributed by atoms with van der Waals surface area (Å²) >= 11 is 0. The van der Waals surface area contributed by atoms with E-state index in [-0.39, 0.29) is 11.7 Å². The van der Waals surface area contributed by atoms with Gasteiger partial charge < -0.3 is 14.5 Å². The number of aryl methyl sites for hydroxylation is 1. The number of piperazine rings is 1. The van der Waals surface area contributed by atoms with Crippen molar-refractivity contribution in [2.24, 2.45) is 7.05 Å². The van der Waals surface area contributed by atoms with Crippen molar-refractivity contribution in [3.8, 4) is 11.3 Å². The molecule has 2 aliphatic heterocycles. The van der Waals surface area contributed by atoms with Crippen LogP contribution in [-0.4, -0.2) is 98.4 Å². The van der Waals surface area contributed by atoms with Crippen LogP contribution in [0.3, 0.4) is 0 Å². The molecular weight excluding hydrogens is 434 g/mol. The maximum Gasteiger partial charge on any atom is 0.266 e. The number of likely N-dealkylation sites (N-methyl/N-ethyl adjacent to an activating group) is 1. The van der Waals surface area contributed by atoms with Crippen molar-refractivity contribution in [1.82, 2.24) is 39.3 Å². The van der Waals surface area contributed by atoms with Crippen molar-refractivity contribution in [1.29, 1.82) is 0 Å². The lowest BCUT2D eigenvalue weighted by atomic mass is 10.2. The number of anilines is 1. The van der Waals surface area contributed by atoms with Crippen LogP contribution in [-0.2, 0) is 24.9 Å². The Balaban J connectivity index is 1.22. The predicted octanol–water partition coefficient (Wildman–Crippen LogP) is 0.0866. The Morgan fingerprint density at radius 1 is 1.03 bits per heavy atom. The van der Waals surface area contributed by atoms with Crippen LogP contribution in [0.15, 0.2) is 41.7 Å². The molecule has 5 rings (SSSR count). The van der Waals surface area contributed by atoms with Crippen LogP contribution < -0.4 is 10.5 Å². The molecule has 2 fully saturated rings. The quantitative estimate of drug-likeness (QED) is 0.502. The minimum absolute atomic E-state index is 0.155. The Morgan fingerprint density at radius 2 is 1.82 bits per heavy atom. The Labute approximate surface area is 198 Å². The van der Waals surface area contributed by atoms with Gasteiger partial charge in [-0.05, 0) is 13.1 Å². The normalized spacial score (nSPS) is 20.1. The number of hydrogen-bond acceptors (Lipinski definition) is 9. The molecule has 0 radical (unpaired) electrons. The van der Waals surface area contributed by atoms with Crippen molar-refractivity contribution >= 4 is 5.95 Å². The SMILES string of the molecule is CN1CCN(Cc2cnc(N3CCO[C@H](Cn4nc(-c5cnn(C)c5)ccc4=O)C3)nc2)CC1. The molecule has 3 aromatic heterocycles. The van der Waals surface area contributed by atoms with Crippen molar-refractivity contribution in [2.45, 2.75) is 19.2 Å². The highest BCUT2D eigenvalue weighted by Crippen LogP contribution is 2.16. The summed E-state index contributed by atoms with van der Waals surface area (Å²) in [6.45, 7) is 7.43. The molecule has 0 bridgehead atoms. The predicted molar refractivity (Wildman–Crippen MR) is 127 cm³/mol. The second kappa shape index (κ2) is 10.00. The highest BCUT2D eigenvalue weighted by atomic mass is 16.5. The number of ether oxygens (including phenoxy) is 1. The van der Waals surface area contributed by atoms with Crippen molar-refractivity contribution < 1.29 is 4.74 Å². The first kappa shape index (κ1) is 22.6. The van der Waals surface area contributed by atoms with Gasteiger partial charge in [0.05, 0.1) is 31.1 Å². The summed E-state index contributed by atoms with van der Waals surface area (Å²) in [6.07, 6.45) is 7.28. The molecule has 11 nitrogen and oxygen atoms in total. The van der Waals surface area contributed by atoms with E-state index in [1.54, 1.807) is 16.9 Å². The molecule has 0 spiro atoms. The van der Waals surface area contributed by atoms with E-state index in [1.165, 1.54) is 10.7 Å². The largest absolute Gasteiger partial charge is 0.373 e. The summed E-state index contributed by atoms with van der Waals surface area (Å²) in [5.74, 6) is 0.694. The van der Waals surface area contributed by atoms with Gasteiger partial charge in [-0.15, -0.1) is 0 Å². The summed E-state index contributed by atoms with van der Waals surface area (Å²) in [5, 5.41) is 8.72. The minimum Gasteiger partial charge on any atom is -0.373 e. The zero-order valence-corrected chi connectivity index (χ0v) is 19.7. The van der Waals surface area contributed by atoms with Crippen molar-refractivity contribution in [3.05, 3.63) is 52.8 Å². The van der Waals surface area contributed by atoms with Crippen molar-refractivity contribution in [3.63, 3.8) is 0 Å². The van der Waals surface area contributed by atoms with E-state index in [4.69, 9.17) is 4.74 Å². The molecular formula is C23H31N9O2. The van der Waals surface area contributed by atoms with E-state index in [0.717, 1.165) is 43.9 Å². The molecule has 180 valence electrons.